The molecule has 0 aliphatic heterocycles. The Morgan fingerprint density at radius 3 is 2.78 bits per heavy atom. The van der Waals surface area contributed by atoms with Crippen LogP contribution in [0.4, 0.5) is 0 Å². The molecule has 1 aliphatic rings. The Balaban J connectivity index is 2.07. The minimum Gasteiger partial charge on any atom is -0.232 e. The van der Waals surface area contributed by atoms with E-state index in [0.717, 1.165) is 39.3 Å². The fraction of sp³-hybridized carbons (Fsp3) is 0.385. The van der Waals surface area contributed by atoms with Crippen molar-refractivity contribution in [1.29, 1.82) is 0 Å². The maximum Gasteiger partial charge on any atom is 0.171 e. The monoisotopic (exact) mass is 342 g/mol. The molecule has 1 aliphatic carbocycles. The van der Waals surface area contributed by atoms with Gasteiger partial charge in [-0.1, -0.05) is 18.0 Å². The van der Waals surface area contributed by atoms with Gasteiger partial charge in [0.2, 0.25) is 0 Å². The number of rotatable bonds is 1. The highest BCUT2D eigenvalue weighted by molar-refractivity contribution is 9.10. The third-order valence-electron chi connectivity index (χ3n) is 3.17. The third kappa shape index (κ3) is 2.46. The summed E-state index contributed by atoms with van der Waals surface area (Å²) < 4.78 is 1.07. The first-order chi connectivity index (χ1) is 8.74. The fourth-order valence-corrected chi connectivity index (χ4v) is 3.91. The lowest BCUT2D eigenvalue weighted by Gasteiger charge is -2.08. The van der Waals surface area contributed by atoms with E-state index in [1.165, 1.54) is 19.3 Å². The van der Waals surface area contributed by atoms with Gasteiger partial charge in [0, 0.05) is 21.1 Å². The highest BCUT2D eigenvalue weighted by atomic mass is 79.9. The number of hydrogen-bond donors (Lipinski definition) is 0. The van der Waals surface area contributed by atoms with Gasteiger partial charge in [-0.05, 0) is 47.7 Å². The molecule has 0 atom stereocenters. The topological polar surface area (TPSA) is 25.8 Å². The summed E-state index contributed by atoms with van der Waals surface area (Å²) >= 11 is 11.4. The van der Waals surface area contributed by atoms with Crippen molar-refractivity contribution in [3.8, 4) is 10.7 Å². The van der Waals surface area contributed by atoms with Gasteiger partial charge >= 0.3 is 0 Å². The summed E-state index contributed by atoms with van der Waals surface area (Å²) in [6.07, 6.45) is 5.69. The van der Waals surface area contributed by atoms with E-state index >= 15 is 0 Å². The van der Waals surface area contributed by atoms with Crippen LogP contribution in [-0.2, 0) is 12.8 Å². The van der Waals surface area contributed by atoms with Gasteiger partial charge in [-0.3, -0.25) is 0 Å². The molecule has 0 fully saturated rings. The fourth-order valence-electron chi connectivity index (χ4n) is 2.27. The van der Waals surface area contributed by atoms with E-state index < -0.39 is 0 Å². The summed E-state index contributed by atoms with van der Waals surface area (Å²) in [4.78, 5) is 10.2. The van der Waals surface area contributed by atoms with E-state index in [1.807, 2.05) is 11.4 Å². The lowest BCUT2D eigenvalue weighted by Crippen LogP contribution is -2.01. The van der Waals surface area contributed by atoms with Crippen LogP contribution in [-0.4, -0.2) is 9.97 Å². The summed E-state index contributed by atoms with van der Waals surface area (Å²) in [5.41, 5.74) is 2.31. The molecule has 0 amide bonds. The number of fused-ring (bicyclic) bond motifs is 1. The van der Waals surface area contributed by atoms with E-state index in [1.54, 1.807) is 11.3 Å². The predicted octanol–water partition coefficient (Wildman–Crippen LogP) is 4.89. The number of aryl methyl sites for hydroxylation is 1. The van der Waals surface area contributed by atoms with Gasteiger partial charge < -0.3 is 0 Å². The third-order valence-corrected chi connectivity index (χ3v) is 5.17. The smallest absolute Gasteiger partial charge is 0.171 e. The summed E-state index contributed by atoms with van der Waals surface area (Å²) in [7, 11) is 0. The zero-order valence-corrected chi connectivity index (χ0v) is 12.9. The maximum absolute atomic E-state index is 6.32. The Morgan fingerprint density at radius 1 is 1.17 bits per heavy atom. The SMILES string of the molecule is Clc1nc(-c2cc(Br)cs2)nc2c1CCCCC2. The molecule has 0 N–H and O–H groups in total. The summed E-state index contributed by atoms with van der Waals surface area (Å²) in [6, 6.07) is 2.04. The first kappa shape index (κ1) is 12.6. The highest BCUT2D eigenvalue weighted by Crippen LogP contribution is 2.31. The van der Waals surface area contributed by atoms with E-state index in [9.17, 15) is 0 Å². The van der Waals surface area contributed by atoms with Crippen molar-refractivity contribution in [3.63, 3.8) is 0 Å². The predicted molar refractivity (Wildman–Crippen MR) is 79.3 cm³/mol. The van der Waals surface area contributed by atoms with E-state index in [-0.39, 0.29) is 0 Å². The molecule has 0 saturated carbocycles. The molecular weight excluding hydrogens is 332 g/mol. The van der Waals surface area contributed by atoms with Crippen LogP contribution in [0.15, 0.2) is 15.9 Å². The standard InChI is InChI=1S/C13H12BrClN2S/c14-8-6-11(18-7-8)13-16-10-5-3-1-2-4-9(10)12(15)17-13/h6-7H,1-5H2. The highest BCUT2D eigenvalue weighted by Gasteiger charge is 2.16. The van der Waals surface area contributed by atoms with Gasteiger partial charge in [0.1, 0.15) is 5.15 Å². The maximum atomic E-state index is 6.32. The minimum absolute atomic E-state index is 0.640. The largest absolute Gasteiger partial charge is 0.232 e. The van der Waals surface area contributed by atoms with Crippen LogP contribution in [0, 0.1) is 0 Å². The van der Waals surface area contributed by atoms with Crippen LogP contribution >= 0.6 is 38.9 Å². The Bertz CT molecular complexity index is 582. The Morgan fingerprint density at radius 2 is 2.00 bits per heavy atom. The second-order valence-corrected chi connectivity index (χ2v) is 6.64. The second kappa shape index (κ2) is 5.27. The van der Waals surface area contributed by atoms with Crippen molar-refractivity contribution >= 4 is 38.9 Å². The van der Waals surface area contributed by atoms with Crippen LogP contribution in [0.3, 0.4) is 0 Å². The molecule has 0 unspecified atom stereocenters. The molecule has 0 radical (unpaired) electrons. The number of thiophene rings is 1. The first-order valence-electron chi connectivity index (χ1n) is 6.04. The van der Waals surface area contributed by atoms with Crippen molar-refractivity contribution in [1.82, 2.24) is 9.97 Å². The van der Waals surface area contributed by atoms with Crippen molar-refractivity contribution < 1.29 is 0 Å². The minimum atomic E-state index is 0.640. The molecule has 0 bridgehead atoms. The van der Waals surface area contributed by atoms with E-state index in [2.05, 4.69) is 20.9 Å². The number of hydrogen-bond acceptors (Lipinski definition) is 3. The molecule has 5 heteroatoms. The van der Waals surface area contributed by atoms with E-state index in [0.29, 0.717) is 5.15 Å². The zero-order valence-electron chi connectivity index (χ0n) is 9.75. The molecule has 94 valence electrons. The van der Waals surface area contributed by atoms with Gasteiger partial charge in [0.25, 0.3) is 0 Å². The van der Waals surface area contributed by atoms with Crippen LogP contribution in [0.1, 0.15) is 30.5 Å². The van der Waals surface area contributed by atoms with Gasteiger partial charge in [-0.2, -0.15) is 0 Å². The molecule has 2 heterocycles. The van der Waals surface area contributed by atoms with Crippen LogP contribution in [0.5, 0.6) is 0 Å². The molecule has 2 aromatic heterocycles. The number of aromatic nitrogens is 2. The van der Waals surface area contributed by atoms with Gasteiger partial charge in [0.15, 0.2) is 5.82 Å². The molecular formula is C13H12BrClN2S. The van der Waals surface area contributed by atoms with E-state index in [4.69, 9.17) is 16.6 Å². The lowest BCUT2D eigenvalue weighted by molar-refractivity contribution is 0.709. The van der Waals surface area contributed by atoms with Crippen LogP contribution in [0.2, 0.25) is 5.15 Å². The lowest BCUT2D eigenvalue weighted by atomic mass is 10.1. The number of nitrogens with zero attached hydrogens (tertiary/aromatic N) is 2. The average Bonchev–Trinajstić information content (AvgIpc) is 2.63. The Hall–Kier alpha value is -0.450. The van der Waals surface area contributed by atoms with Crippen LogP contribution in [0.25, 0.3) is 10.7 Å². The molecule has 0 aromatic carbocycles. The molecule has 18 heavy (non-hydrogen) atoms. The molecule has 0 saturated heterocycles. The Labute approximate surface area is 124 Å². The summed E-state index contributed by atoms with van der Waals surface area (Å²) in [6.45, 7) is 0. The van der Waals surface area contributed by atoms with Crippen molar-refractivity contribution in [3.05, 3.63) is 32.3 Å². The van der Waals surface area contributed by atoms with Crippen LogP contribution < -0.4 is 0 Å². The molecule has 2 aromatic rings. The molecule has 0 spiro atoms. The summed E-state index contributed by atoms with van der Waals surface area (Å²) in [5, 5.41) is 2.68. The van der Waals surface area contributed by atoms with Crippen molar-refractivity contribution in [2.75, 3.05) is 0 Å². The summed E-state index contributed by atoms with van der Waals surface area (Å²) in [5.74, 6) is 0.761. The first-order valence-corrected chi connectivity index (χ1v) is 8.09. The molecule has 3 rings (SSSR count). The quantitative estimate of drug-likeness (QED) is 0.544. The Kier molecular flexibility index (Phi) is 3.68. The molecule has 2 nitrogen and oxygen atoms in total. The normalized spacial score (nSPS) is 15.2. The van der Waals surface area contributed by atoms with Gasteiger partial charge in [-0.25, -0.2) is 9.97 Å². The zero-order chi connectivity index (χ0) is 12.5. The average molecular weight is 344 g/mol. The second-order valence-electron chi connectivity index (χ2n) is 4.45. The van der Waals surface area contributed by atoms with Gasteiger partial charge in [0.05, 0.1) is 4.88 Å². The van der Waals surface area contributed by atoms with Crippen molar-refractivity contribution in [2.24, 2.45) is 0 Å². The van der Waals surface area contributed by atoms with Crippen molar-refractivity contribution in [2.45, 2.75) is 32.1 Å². The van der Waals surface area contributed by atoms with Gasteiger partial charge in [-0.15, -0.1) is 11.3 Å². The number of halogens is 2.